The van der Waals surface area contributed by atoms with E-state index in [4.69, 9.17) is 0 Å². The number of rotatable bonds is 8. The van der Waals surface area contributed by atoms with Crippen molar-refractivity contribution in [2.45, 2.75) is 25.8 Å². The van der Waals surface area contributed by atoms with Crippen LogP contribution in [0.2, 0.25) is 0 Å². The largest absolute Gasteiger partial charge is 0.416 e. The van der Waals surface area contributed by atoms with Crippen LogP contribution in [-0.2, 0) is 25.8 Å². The Morgan fingerprint density at radius 1 is 0.846 bits per heavy atom. The summed E-state index contributed by atoms with van der Waals surface area (Å²) in [6.07, 6.45) is 0.671. The van der Waals surface area contributed by atoms with E-state index in [-0.39, 0.29) is 6.54 Å². The van der Waals surface area contributed by atoms with Crippen molar-refractivity contribution < 1.29 is 13.2 Å². The molecule has 0 aliphatic carbocycles. The first-order chi connectivity index (χ1) is 18.9. The number of halogens is 3. The standard InChI is InChI=1S/C27H22F3N9/c28-27(29,30)19-9-7-17(8-10-19)15-39-16-34-23-24(32-14-22-35-20-5-1-2-6-21(20)36-22)37-26(38-25(23)39)33-13-18-4-3-11-31-12-18/h1-12,16H,13-15H2,(H,35,36)(H2,32,33,37,38). The molecule has 0 saturated heterocycles. The fraction of sp³-hybridized carbons (Fsp3) is 0.148. The molecule has 4 aromatic heterocycles. The minimum absolute atomic E-state index is 0.288. The Hall–Kier alpha value is -5.00. The Morgan fingerprint density at radius 3 is 2.46 bits per heavy atom. The molecule has 3 N–H and O–H groups in total. The van der Waals surface area contributed by atoms with Crippen molar-refractivity contribution in [3.63, 3.8) is 0 Å². The zero-order chi connectivity index (χ0) is 26.8. The third kappa shape index (κ3) is 5.35. The smallest absolute Gasteiger partial charge is 0.361 e. The summed E-state index contributed by atoms with van der Waals surface area (Å²) in [6, 6.07) is 16.6. The average Bonchev–Trinajstić information content (AvgIpc) is 3.55. The molecule has 0 aliphatic heterocycles. The second-order valence-corrected chi connectivity index (χ2v) is 8.90. The predicted octanol–water partition coefficient (Wildman–Crippen LogP) is 5.39. The molecule has 0 bridgehead atoms. The van der Waals surface area contributed by atoms with Crippen molar-refractivity contribution >= 4 is 34.0 Å². The van der Waals surface area contributed by atoms with Gasteiger partial charge in [0.2, 0.25) is 5.95 Å². The molecular formula is C27H22F3N9. The number of hydrogen-bond acceptors (Lipinski definition) is 7. The SMILES string of the molecule is FC(F)(F)c1ccc(Cn2cnc3c(NCc4nc5ccccc5[nH]4)nc(NCc4cccnc4)nc32)cc1. The summed E-state index contributed by atoms with van der Waals surface area (Å²) >= 11 is 0. The Labute approximate surface area is 220 Å². The highest BCUT2D eigenvalue weighted by Gasteiger charge is 2.30. The number of aromatic amines is 1. The molecule has 6 rings (SSSR count). The number of fused-ring (bicyclic) bond motifs is 2. The molecule has 0 fully saturated rings. The second kappa shape index (κ2) is 10.0. The van der Waals surface area contributed by atoms with Gasteiger partial charge in [-0.3, -0.25) is 4.98 Å². The van der Waals surface area contributed by atoms with E-state index >= 15 is 0 Å². The third-order valence-corrected chi connectivity index (χ3v) is 6.13. The molecule has 12 heteroatoms. The van der Waals surface area contributed by atoms with Gasteiger partial charge in [-0.25, -0.2) is 9.97 Å². The number of aromatic nitrogens is 7. The first-order valence-corrected chi connectivity index (χ1v) is 12.1. The van der Waals surface area contributed by atoms with Crippen LogP contribution in [0, 0.1) is 0 Å². The molecule has 0 spiro atoms. The van der Waals surface area contributed by atoms with Gasteiger partial charge in [0.15, 0.2) is 17.0 Å². The monoisotopic (exact) mass is 529 g/mol. The number of nitrogens with one attached hydrogen (secondary N) is 3. The molecular weight excluding hydrogens is 507 g/mol. The molecule has 196 valence electrons. The summed E-state index contributed by atoms with van der Waals surface area (Å²) in [7, 11) is 0. The Kier molecular flexibility index (Phi) is 6.27. The second-order valence-electron chi connectivity index (χ2n) is 8.90. The van der Waals surface area contributed by atoms with Crippen LogP contribution in [-0.4, -0.2) is 34.5 Å². The van der Waals surface area contributed by atoms with Crippen molar-refractivity contribution in [1.29, 1.82) is 0 Å². The molecule has 0 amide bonds. The molecule has 9 nitrogen and oxygen atoms in total. The molecule has 4 heterocycles. The molecule has 0 aliphatic rings. The van der Waals surface area contributed by atoms with Crippen LogP contribution >= 0.6 is 0 Å². The van der Waals surface area contributed by atoms with E-state index in [2.05, 4.69) is 40.5 Å². The van der Waals surface area contributed by atoms with E-state index < -0.39 is 11.7 Å². The van der Waals surface area contributed by atoms with Crippen molar-refractivity contribution in [3.05, 3.63) is 102 Å². The highest BCUT2D eigenvalue weighted by molar-refractivity contribution is 5.84. The fourth-order valence-corrected chi connectivity index (χ4v) is 4.20. The average molecular weight is 530 g/mol. The first kappa shape index (κ1) is 24.3. The minimum Gasteiger partial charge on any atom is -0.361 e. The van der Waals surface area contributed by atoms with E-state index in [0.717, 1.165) is 34.6 Å². The van der Waals surface area contributed by atoms with Gasteiger partial charge in [0.05, 0.1) is 36.0 Å². The zero-order valence-corrected chi connectivity index (χ0v) is 20.4. The maximum absolute atomic E-state index is 13.0. The van der Waals surface area contributed by atoms with Gasteiger partial charge >= 0.3 is 6.18 Å². The molecule has 0 atom stereocenters. The number of imidazole rings is 2. The van der Waals surface area contributed by atoms with Crippen LogP contribution in [0.5, 0.6) is 0 Å². The summed E-state index contributed by atoms with van der Waals surface area (Å²) < 4.78 is 40.7. The van der Waals surface area contributed by atoms with Gasteiger partial charge in [0.25, 0.3) is 0 Å². The van der Waals surface area contributed by atoms with Crippen LogP contribution < -0.4 is 10.6 Å². The number of benzene rings is 2. The maximum Gasteiger partial charge on any atom is 0.416 e. The van der Waals surface area contributed by atoms with Gasteiger partial charge < -0.3 is 20.2 Å². The molecule has 0 saturated carbocycles. The number of anilines is 2. The van der Waals surface area contributed by atoms with Gasteiger partial charge in [0, 0.05) is 18.9 Å². The van der Waals surface area contributed by atoms with Gasteiger partial charge in [-0.2, -0.15) is 23.1 Å². The van der Waals surface area contributed by atoms with E-state index in [0.29, 0.717) is 41.6 Å². The highest BCUT2D eigenvalue weighted by atomic mass is 19.4. The number of H-pyrrole nitrogens is 1. The summed E-state index contributed by atoms with van der Waals surface area (Å²) in [6.45, 7) is 1.11. The molecule has 2 aromatic carbocycles. The zero-order valence-electron chi connectivity index (χ0n) is 20.4. The Bertz CT molecular complexity index is 1690. The molecule has 0 radical (unpaired) electrons. The van der Waals surface area contributed by atoms with E-state index in [1.807, 2.05) is 36.4 Å². The van der Waals surface area contributed by atoms with Crippen LogP contribution in [0.1, 0.15) is 22.5 Å². The van der Waals surface area contributed by atoms with Crippen LogP contribution in [0.25, 0.3) is 22.2 Å². The van der Waals surface area contributed by atoms with Gasteiger partial charge in [-0.05, 0) is 41.5 Å². The van der Waals surface area contributed by atoms with Crippen molar-refractivity contribution in [1.82, 2.24) is 34.5 Å². The van der Waals surface area contributed by atoms with Crippen LogP contribution in [0.4, 0.5) is 24.9 Å². The Balaban J connectivity index is 1.30. The van der Waals surface area contributed by atoms with E-state index in [9.17, 15) is 13.2 Å². The lowest BCUT2D eigenvalue weighted by atomic mass is 10.1. The fourth-order valence-electron chi connectivity index (χ4n) is 4.20. The first-order valence-electron chi connectivity index (χ1n) is 12.1. The van der Waals surface area contributed by atoms with Crippen molar-refractivity contribution in [3.8, 4) is 0 Å². The van der Waals surface area contributed by atoms with Crippen LogP contribution in [0.3, 0.4) is 0 Å². The molecule has 6 aromatic rings. The van der Waals surface area contributed by atoms with Crippen molar-refractivity contribution in [2.75, 3.05) is 10.6 Å². The van der Waals surface area contributed by atoms with Gasteiger partial charge in [-0.15, -0.1) is 0 Å². The molecule has 0 unspecified atom stereocenters. The Morgan fingerprint density at radius 2 is 1.69 bits per heavy atom. The summed E-state index contributed by atoms with van der Waals surface area (Å²) in [5, 5.41) is 6.53. The minimum atomic E-state index is -4.39. The number of nitrogens with zero attached hydrogens (tertiary/aromatic N) is 6. The topological polar surface area (TPSA) is 109 Å². The lowest BCUT2D eigenvalue weighted by Crippen LogP contribution is -2.10. The predicted molar refractivity (Wildman–Crippen MR) is 141 cm³/mol. The summed E-state index contributed by atoms with van der Waals surface area (Å²) in [5.41, 5.74) is 3.81. The van der Waals surface area contributed by atoms with E-state index in [1.165, 1.54) is 12.1 Å². The number of para-hydroxylation sites is 2. The summed E-state index contributed by atoms with van der Waals surface area (Å²) in [4.78, 5) is 25.8. The lowest BCUT2D eigenvalue weighted by molar-refractivity contribution is -0.137. The quantitative estimate of drug-likeness (QED) is 0.243. The number of pyridine rings is 1. The molecule has 39 heavy (non-hydrogen) atoms. The number of alkyl halides is 3. The van der Waals surface area contributed by atoms with Gasteiger partial charge in [-0.1, -0.05) is 30.3 Å². The normalized spacial score (nSPS) is 11.8. The van der Waals surface area contributed by atoms with Gasteiger partial charge in [0.1, 0.15) is 5.82 Å². The van der Waals surface area contributed by atoms with E-state index in [1.54, 1.807) is 23.3 Å². The highest BCUT2D eigenvalue weighted by Crippen LogP contribution is 2.29. The maximum atomic E-state index is 13.0. The van der Waals surface area contributed by atoms with Crippen LogP contribution in [0.15, 0.2) is 79.4 Å². The summed E-state index contributed by atoms with van der Waals surface area (Å²) in [5.74, 6) is 1.60. The van der Waals surface area contributed by atoms with Crippen molar-refractivity contribution in [2.24, 2.45) is 0 Å². The number of hydrogen-bond donors (Lipinski definition) is 3. The lowest BCUT2D eigenvalue weighted by Gasteiger charge is -2.11. The third-order valence-electron chi connectivity index (χ3n) is 6.13.